The van der Waals surface area contributed by atoms with E-state index in [2.05, 4.69) is 48.9 Å². The molecule has 8 heteroatoms. The summed E-state index contributed by atoms with van der Waals surface area (Å²) in [5.41, 5.74) is 3.21. The average molecular weight is 458 g/mol. The molecule has 0 aliphatic heterocycles. The van der Waals surface area contributed by atoms with E-state index < -0.39 is 0 Å². The molecule has 0 atom stereocenters. The van der Waals surface area contributed by atoms with Gasteiger partial charge in [-0.3, -0.25) is 0 Å². The van der Waals surface area contributed by atoms with Crippen molar-refractivity contribution in [3.05, 3.63) is 71.8 Å². The predicted molar refractivity (Wildman–Crippen MR) is 132 cm³/mol. The SMILES string of the molecule is COc1cc(NC(=S)N(CCCn2ccnc2)Cc2ccc(N(C)C)cc2)ccc1Cl. The van der Waals surface area contributed by atoms with Crippen LogP contribution in [0.3, 0.4) is 0 Å². The van der Waals surface area contributed by atoms with E-state index in [0.29, 0.717) is 22.4 Å². The molecule has 0 spiro atoms. The Morgan fingerprint density at radius 2 is 1.97 bits per heavy atom. The van der Waals surface area contributed by atoms with E-state index >= 15 is 0 Å². The Morgan fingerprint density at radius 3 is 2.61 bits per heavy atom. The molecule has 0 amide bonds. The van der Waals surface area contributed by atoms with E-state index in [1.807, 2.05) is 38.8 Å². The summed E-state index contributed by atoms with van der Waals surface area (Å²) >= 11 is 11.9. The topological polar surface area (TPSA) is 45.6 Å². The van der Waals surface area contributed by atoms with Gasteiger partial charge in [0, 0.05) is 63.6 Å². The number of hydrogen-bond donors (Lipinski definition) is 1. The third kappa shape index (κ3) is 6.60. The maximum atomic E-state index is 6.15. The summed E-state index contributed by atoms with van der Waals surface area (Å²) in [6, 6.07) is 14.1. The molecule has 3 rings (SSSR count). The number of nitrogens with zero attached hydrogens (tertiary/aromatic N) is 4. The molecule has 0 saturated heterocycles. The zero-order valence-electron chi connectivity index (χ0n) is 18.1. The van der Waals surface area contributed by atoms with Gasteiger partial charge in [-0.2, -0.15) is 0 Å². The van der Waals surface area contributed by atoms with Gasteiger partial charge in [0.05, 0.1) is 18.5 Å². The molecule has 0 aliphatic carbocycles. The van der Waals surface area contributed by atoms with Gasteiger partial charge in [-0.1, -0.05) is 23.7 Å². The van der Waals surface area contributed by atoms with Crippen LogP contribution in [0.4, 0.5) is 11.4 Å². The molecule has 0 bridgehead atoms. The van der Waals surface area contributed by atoms with E-state index in [4.69, 9.17) is 28.6 Å². The standard InChI is InChI=1S/C23H28ClN5OS/c1-27(2)20-8-5-18(6-9-20)16-29(13-4-12-28-14-11-25-17-28)23(31)26-19-7-10-21(24)22(15-19)30-3/h5-11,14-15,17H,4,12-13,16H2,1-3H3,(H,26,31). The lowest BCUT2D eigenvalue weighted by molar-refractivity contribution is 0.396. The van der Waals surface area contributed by atoms with Gasteiger partial charge in [-0.25, -0.2) is 4.98 Å². The number of halogens is 1. The molecule has 164 valence electrons. The van der Waals surface area contributed by atoms with Crippen LogP contribution >= 0.6 is 23.8 Å². The van der Waals surface area contributed by atoms with Crippen molar-refractivity contribution < 1.29 is 4.74 Å². The van der Waals surface area contributed by atoms with Crippen molar-refractivity contribution in [1.82, 2.24) is 14.5 Å². The van der Waals surface area contributed by atoms with E-state index in [1.165, 1.54) is 11.3 Å². The van der Waals surface area contributed by atoms with Crippen LogP contribution < -0.4 is 15.0 Å². The molecule has 1 aromatic heterocycles. The van der Waals surface area contributed by atoms with E-state index in [1.54, 1.807) is 19.4 Å². The number of nitrogens with one attached hydrogen (secondary N) is 1. The van der Waals surface area contributed by atoms with Gasteiger partial charge in [-0.05, 0) is 48.5 Å². The maximum absolute atomic E-state index is 6.15. The summed E-state index contributed by atoms with van der Waals surface area (Å²) in [4.78, 5) is 8.38. The van der Waals surface area contributed by atoms with Crippen molar-refractivity contribution in [2.24, 2.45) is 0 Å². The minimum atomic E-state index is 0.567. The number of aryl methyl sites for hydroxylation is 1. The molecule has 0 fully saturated rings. The monoisotopic (exact) mass is 457 g/mol. The van der Waals surface area contributed by atoms with Crippen LogP contribution in [0.25, 0.3) is 0 Å². The Labute approximate surface area is 194 Å². The Balaban J connectivity index is 1.70. The highest BCUT2D eigenvalue weighted by Gasteiger charge is 2.12. The zero-order valence-corrected chi connectivity index (χ0v) is 19.7. The number of aromatic nitrogens is 2. The highest BCUT2D eigenvalue weighted by Crippen LogP contribution is 2.27. The normalized spacial score (nSPS) is 10.6. The number of thiocarbonyl (C=S) groups is 1. The second-order valence-corrected chi connectivity index (χ2v) is 8.21. The molecule has 3 aromatic rings. The fourth-order valence-electron chi connectivity index (χ4n) is 3.18. The first-order valence-electron chi connectivity index (χ1n) is 10.1. The van der Waals surface area contributed by atoms with Crippen LogP contribution in [0.5, 0.6) is 5.75 Å². The molecule has 2 aromatic carbocycles. The fraction of sp³-hybridized carbons (Fsp3) is 0.304. The minimum absolute atomic E-state index is 0.567. The van der Waals surface area contributed by atoms with E-state index in [9.17, 15) is 0 Å². The Hall–Kier alpha value is -2.77. The van der Waals surface area contributed by atoms with Gasteiger partial charge in [-0.15, -0.1) is 0 Å². The zero-order chi connectivity index (χ0) is 22.2. The van der Waals surface area contributed by atoms with Crippen molar-refractivity contribution in [2.45, 2.75) is 19.5 Å². The number of rotatable bonds is 9. The van der Waals surface area contributed by atoms with Crippen LogP contribution in [0.1, 0.15) is 12.0 Å². The molecule has 1 heterocycles. The molecule has 0 unspecified atom stereocenters. The minimum Gasteiger partial charge on any atom is -0.495 e. The fourth-order valence-corrected chi connectivity index (χ4v) is 3.64. The molecule has 31 heavy (non-hydrogen) atoms. The smallest absolute Gasteiger partial charge is 0.173 e. The highest BCUT2D eigenvalue weighted by molar-refractivity contribution is 7.80. The molecule has 0 saturated carbocycles. The average Bonchev–Trinajstić information content (AvgIpc) is 3.28. The molecule has 6 nitrogen and oxygen atoms in total. The molecular formula is C23H28ClN5OS. The summed E-state index contributed by atoms with van der Waals surface area (Å²) in [6.45, 7) is 2.41. The summed E-state index contributed by atoms with van der Waals surface area (Å²) in [5, 5.41) is 4.55. The number of benzene rings is 2. The first-order chi connectivity index (χ1) is 15.0. The first kappa shape index (κ1) is 22.9. The lowest BCUT2D eigenvalue weighted by atomic mass is 10.2. The third-order valence-corrected chi connectivity index (χ3v) is 5.59. The van der Waals surface area contributed by atoms with Gasteiger partial charge in [0.1, 0.15) is 5.75 Å². The third-order valence-electron chi connectivity index (χ3n) is 4.92. The van der Waals surface area contributed by atoms with Gasteiger partial charge >= 0.3 is 0 Å². The summed E-state index contributed by atoms with van der Waals surface area (Å²) in [5.74, 6) is 0.611. The summed E-state index contributed by atoms with van der Waals surface area (Å²) in [7, 11) is 5.68. The van der Waals surface area contributed by atoms with Gasteiger partial charge in [0.15, 0.2) is 5.11 Å². The van der Waals surface area contributed by atoms with Crippen LogP contribution in [0.15, 0.2) is 61.2 Å². The van der Waals surface area contributed by atoms with Gasteiger partial charge < -0.3 is 24.4 Å². The van der Waals surface area contributed by atoms with Gasteiger partial charge in [0.25, 0.3) is 0 Å². The predicted octanol–water partition coefficient (Wildman–Crippen LogP) is 4.90. The summed E-state index contributed by atoms with van der Waals surface area (Å²) in [6.07, 6.45) is 6.55. The van der Waals surface area contributed by atoms with Crippen LogP contribution in [-0.2, 0) is 13.1 Å². The number of anilines is 2. The van der Waals surface area contributed by atoms with Crippen molar-refractivity contribution >= 4 is 40.3 Å². The van der Waals surface area contributed by atoms with E-state index in [-0.39, 0.29) is 0 Å². The number of hydrogen-bond acceptors (Lipinski definition) is 4. The maximum Gasteiger partial charge on any atom is 0.173 e. The number of ether oxygens (including phenoxy) is 1. The molecular weight excluding hydrogens is 430 g/mol. The van der Waals surface area contributed by atoms with Crippen LogP contribution in [0.2, 0.25) is 5.02 Å². The molecule has 0 radical (unpaired) electrons. The van der Waals surface area contributed by atoms with Crippen LogP contribution in [-0.4, -0.2) is 47.3 Å². The van der Waals surface area contributed by atoms with Crippen LogP contribution in [0, 0.1) is 0 Å². The summed E-state index contributed by atoms with van der Waals surface area (Å²) < 4.78 is 7.39. The lowest BCUT2D eigenvalue weighted by Crippen LogP contribution is -2.35. The Morgan fingerprint density at radius 1 is 1.19 bits per heavy atom. The van der Waals surface area contributed by atoms with Crippen molar-refractivity contribution in [3.63, 3.8) is 0 Å². The second kappa shape index (κ2) is 11.0. The Bertz CT molecular complexity index is 976. The second-order valence-electron chi connectivity index (χ2n) is 7.42. The van der Waals surface area contributed by atoms with Crippen molar-refractivity contribution in [2.75, 3.05) is 38.0 Å². The Kier molecular flexibility index (Phi) is 8.14. The first-order valence-corrected chi connectivity index (χ1v) is 10.9. The largest absolute Gasteiger partial charge is 0.495 e. The molecule has 0 aliphatic rings. The lowest BCUT2D eigenvalue weighted by Gasteiger charge is -2.26. The highest BCUT2D eigenvalue weighted by atomic mass is 35.5. The molecule has 1 N–H and O–H groups in total. The number of methoxy groups -OCH3 is 1. The van der Waals surface area contributed by atoms with E-state index in [0.717, 1.165) is 25.2 Å². The van der Waals surface area contributed by atoms with Crippen molar-refractivity contribution in [1.29, 1.82) is 0 Å². The van der Waals surface area contributed by atoms with Crippen molar-refractivity contribution in [3.8, 4) is 5.75 Å². The quantitative estimate of drug-likeness (QED) is 0.461. The van der Waals surface area contributed by atoms with Gasteiger partial charge in [0.2, 0.25) is 0 Å². The number of imidazole rings is 1.